The van der Waals surface area contributed by atoms with Crippen LogP contribution in [0.15, 0.2) is 66.7 Å². The van der Waals surface area contributed by atoms with Crippen LogP contribution < -0.4 is 4.74 Å². The van der Waals surface area contributed by atoms with E-state index in [1.807, 2.05) is 48.7 Å². The first-order chi connectivity index (χ1) is 16.8. The number of nitrogens with zero attached hydrogens (tertiary/aromatic N) is 1. The second-order valence-electron chi connectivity index (χ2n) is 8.10. The molecule has 0 amide bonds. The lowest BCUT2D eigenvalue weighted by atomic mass is 10.1. The molecular formula is C28H24F3NO3. The predicted octanol–water partition coefficient (Wildman–Crippen LogP) is 6.93. The zero-order valence-corrected chi connectivity index (χ0v) is 19.6. The highest BCUT2D eigenvalue weighted by atomic mass is 19.1. The van der Waals surface area contributed by atoms with Gasteiger partial charge in [0, 0.05) is 29.1 Å². The molecule has 0 unspecified atom stereocenters. The van der Waals surface area contributed by atoms with Crippen LogP contribution in [-0.4, -0.2) is 17.1 Å². The average molecular weight is 479 g/mol. The van der Waals surface area contributed by atoms with Crippen molar-refractivity contribution in [1.29, 1.82) is 0 Å². The topological polar surface area (TPSA) is 40.5 Å². The molecule has 180 valence electrons. The smallest absolute Gasteiger partial charge is 0.338 e. The number of rotatable bonds is 7. The number of esters is 1. The fourth-order valence-electron chi connectivity index (χ4n) is 3.91. The van der Waals surface area contributed by atoms with Gasteiger partial charge in [0.2, 0.25) is 0 Å². The van der Waals surface area contributed by atoms with Crippen molar-refractivity contribution in [3.8, 4) is 22.7 Å². The van der Waals surface area contributed by atoms with Crippen molar-refractivity contribution >= 4 is 5.97 Å². The van der Waals surface area contributed by atoms with E-state index in [0.717, 1.165) is 22.6 Å². The fraction of sp³-hybridized carbons (Fsp3) is 0.179. The zero-order valence-electron chi connectivity index (χ0n) is 19.6. The third-order valence-electron chi connectivity index (χ3n) is 5.58. The summed E-state index contributed by atoms with van der Waals surface area (Å²) in [5.41, 5.74) is 4.14. The SMILES string of the molecule is CCOC(=O)c1cccc(-n2c(C)ccc2-c2cc(C)ccc2OCc2c(F)cc(F)cc2F)c1. The number of hydrogen-bond donors (Lipinski definition) is 0. The van der Waals surface area contributed by atoms with Gasteiger partial charge in [0.15, 0.2) is 0 Å². The number of carbonyl (C=O) groups excluding carboxylic acids is 1. The maximum Gasteiger partial charge on any atom is 0.338 e. The minimum atomic E-state index is -1.01. The van der Waals surface area contributed by atoms with Gasteiger partial charge in [-0.2, -0.15) is 0 Å². The molecule has 0 atom stereocenters. The summed E-state index contributed by atoms with van der Waals surface area (Å²) in [5.74, 6) is -3.02. The number of ether oxygens (including phenoxy) is 2. The maximum atomic E-state index is 14.1. The Hall–Kier alpha value is -4.00. The van der Waals surface area contributed by atoms with Gasteiger partial charge in [-0.1, -0.05) is 17.7 Å². The van der Waals surface area contributed by atoms with E-state index in [1.165, 1.54) is 0 Å². The number of carbonyl (C=O) groups is 1. The third-order valence-corrected chi connectivity index (χ3v) is 5.58. The van der Waals surface area contributed by atoms with E-state index in [9.17, 15) is 18.0 Å². The molecule has 4 aromatic rings. The molecule has 0 spiro atoms. The van der Waals surface area contributed by atoms with Crippen LogP contribution in [0.25, 0.3) is 16.9 Å². The summed E-state index contributed by atoms with van der Waals surface area (Å²) in [4.78, 5) is 12.3. The Morgan fingerprint density at radius 1 is 0.914 bits per heavy atom. The van der Waals surface area contributed by atoms with E-state index in [1.54, 1.807) is 31.2 Å². The molecular weight excluding hydrogens is 455 g/mol. The van der Waals surface area contributed by atoms with Crippen LogP contribution in [-0.2, 0) is 11.3 Å². The molecule has 3 aromatic carbocycles. The van der Waals surface area contributed by atoms with Crippen LogP contribution in [0.1, 0.15) is 34.1 Å². The van der Waals surface area contributed by atoms with Gasteiger partial charge in [0.1, 0.15) is 29.8 Å². The van der Waals surface area contributed by atoms with Crippen LogP contribution in [0.3, 0.4) is 0 Å². The Kier molecular flexibility index (Phi) is 6.96. The molecule has 0 aliphatic rings. The maximum absolute atomic E-state index is 14.1. The van der Waals surface area contributed by atoms with Gasteiger partial charge in [0.05, 0.1) is 23.4 Å². The first-order valence-corrected chi connectivity index (χ1v) is 11.1. The summed E-state index contributed by atoms with van der Waals surface area (Å²) in [5, 5.41) is 0. The van der Waals surface area contributed by atoms with Crippen LogP contribution >= 0.6 is 0 Å². The van der Waals surface area contributed by atoms with Crippen LogP contribution in [0, 0.1) is 31.3 Å². The van der Waals surface area contributed by atoms with Gasteiger partial charge in [0.25, 0.3) is 0 Å². The summed E-state index contributed by atoms with van der Waals surface area (Å²) in [6, 6.07) is 17.6. The van der Waals surface area contributed by atoms with Gasteiger partial charge >= 0.3 is 5.97 Å². The molecule has 4 rings (SSSR count). The lowest BCUT2D eigenvalue weighted by Gasteiger charge is -2.17. The van der Waals surface area contributed by atoms with Gasteiger partial charge in [-0.3, -0.25) is 0 Å². The quantitative estimate of drug-likeness (QED) is 0.270. The Labute approximate surface area is 201 Å². The van der Waals surface area contributed by atoms with Gasteiger partial charge < -0.3 is 14.0 Å². The van der Waals surface area contributed by atoms with Crippen molar-refractivity contribution in [2.45, 2.75) is 27.4 Å². The Morgan fingerprint density at radius 3 is 2.37 bits per heavy atom. The molecule has 0 saturated heterocycles. The van der Waals surface area contributed by atoms with Crippen LogP contribution in [0.2, 0.25) is 0 Å². The van der Waals surface area contributed by atoms with Gasteiger partial charge in [-0.15, -0.1) is 0 Å². The summed E-state index contributed by atoms with van der Waals surface area (Å²) in [6.07, 6.45) is 0. The molecule has 0 aliphatic carbocycles. The number of halogens is 3. The number of hydrogen-bond acceptors (Lipinski definition) is 3. The number of aromatic nitrogens is 1. The lowest BCUT2D eigenvalue weighted by molar-refractivity contribution is 0.0526. The fourth-order valence-corrected chi connectivity index (χ4v) is 3.91. The highest BCUT2D eigenvalue weighted by Crippen LogP contribution is 2.35. The third kappa shape index (κ3) is 5.09. The summed E-state index contributed by atoms with van der Waals surface area (Å²) < 4.78 is 54.5. The highest BCUT2D eigenvalue weighted by Gasteiger charge is 2.18. The van der Waals surface area contributed by atoms with E-state index >= 15 is 0 Å². The molecule has 4 nitrogen and oxygen atoms in total. The highest BCUT2D eigenvalue weighted by molar-refractivity contribution is 5.90. The largest absolute Gasteiger partial charge is 0.488 e. The monoisotopic (exact) mass is 479 g/mol. The predicted molar refractivity (Wildman–Crippen MR) is 127 cm³/mol. The molecule has 1 aromatic heterocycles. The average Bonchev–Trinajstić information content (AvgIpc) is 3.20. The zero-order chi connectivity index (χ0) is 25.1. The molecule has 0 saturated carbocycles. The van der Waals surface area contributed by atoms with Crippen LogP contribution in [0.5, 0.6) is 5.75 Å². The standard InChI is InChI=1S/C28H24F3NO3/c1-4-34-28(33)19-6-5-7-21(13-19)32-18(3)9-10-26(32)22-12-17(2)8-11-27(22)35-16-23-24(30)14-20(29)15-25(23)31/h5-15H,4,16H2,1-3H3. The van der Waals surface area contributed by atoms with E-state index < -0.39 is 30.0 Å². The molecule has 0 bridgehead atoms. The normalized spacial score (nSPS) is 10.9. The molecule has 35 heavy (non-hydrogen) atoms. The van der Waals surface area contributed by atoms with Crippen molar-refractivity contribution in [3.05, 3.63) is 107 Å². The number of benzene rings is 3. The van der Waals surface area contributed by atoms with E-state index in [4.69, 9.17) is 9.47 Å². The molecule has 0 N–H and O–H groups in total. The van der Waals surface area contributed by atoms with E-state index in [0.29, 0.717) is 29.0 Å². The lowest BCUT2D eigenvalue weighted by Crippen LogP contribution is -2.07. The van der Waals surface area contributed by atoms with Crippen molar-refractivity contribution in [1.82, 2.24) is 4.57 Å². The summed E-state index contributed by atoms with van der Waals surface area (Å²) in [7, 11) is 0. The second kappa shape index (κ2) is 10.1. The van der Waals surface area contributed by atoms with Crippen LogP contribution in [0.4, 0.5) is 13.2 Å². The first-order valence-electron chi connectivity index (χ1n) is 11.1. The van der Waals surface area contributed by atoms with Crippen molar-refractivity contribution < 1.29 is 27.4 Å². The Bertz CT molecular complexity index is 1370. The number of aryl methyl sites for hydroxylation is 2. The van der Waals surface area contributed by atoms with Gasteiger partial charge in [-0.05, 0) is 63.2 Å². The van der Waals surface area contributed by atoms with Gasteiger partial charge in [-0.25, -0.2) is 18.0 Å². The van der Waals surface area contributed by atoms with E-state index in [-0.39, 0.29) is 12.2 Å². The van der Waals surface area contributed by atoms with E-state index in [2.05, 4.69) is 0 Å². The second-order valence-corrected chi connectivity index (χ2v) is 8.10. The molecule has 7 heteroatoms. The summed E-state index contributed by atoms with van der Waals surface area (Å²) in [6.45, 7) is 5.47. The Morgan fingerprint density at radius 2 is 1.66 bits per heavy atom. The minimum Gasteiger partial charge on any atom is -0.488 e. The molecule has 1 heterocycles. The Balaban J connectivity index is 1.75. The van der Waals surface area contributed by atoms with Crippen molar-refractivity contribution in [2.24, 2.45) is 0 Å². The molecule has 0 aliphatic heterocycles. The molecule has 0 radical (unpaired) electrons. The minimum absolute atomic E-state index is 0.274. The summed E-state index contributed by atoms with van der Waals surface area (Å²) >= 11 is 0. The first kappa shape index (κ1) is 24.1. The molecule has 0 fully saturated rings. The van der Waals surface area contributed by atoms with Crippen molar-refractivity contribution in [3.63, 3.8) is 0 Å². The van der Waals surface area contributed by atoms with Crippen molar-refractivity contribution in [2.75, 3.05) is 6.61 Å².